The van der Waals surface area contributed by atoms with Crippen LogP contribution in [0.15, 0.2) is 36.4 Å². The normalized spacial score (nSPS) is 10.9. The van der Waals surface area contributed by atoms with Crippen LogP contribution in [0.2, 0.25) is 0 Å². The number of nitrogens with one attached hydrogen (secondary N) is 2. The molecule has 0 aliphatic carbocycles. The van der Waals surface area contributed by atoms with Crippen molar-refractivity contribution in [2.24, 2.45) is 0 Å². The minimum absolute atomic E-state index is 0.185. The van der Waals surface area contributed by atoms with Gasteiger partial charge in [0.1, 0.15) is 0 Å². The van der Waals surface area contributed by atoms with Gasteiger partial charge in [0.25, 0.3) is 0 Å². The van der Waals surface area contributed by atoms with Crippen LogP contribution in [0.1, 0.15) is 5.56 Å². The fourth-order valence-corrected chi connectivity index (χ4v) is 1.51. The van der Waals surface area contributed by atoms with Crippen molar-refractivity contribution in [2.75, 3.05) is 17.7 Å². The first-order chi connectivity index (χ1) is 10.4. The van der Waals surface area contributed by atoms with E-state index in [2.05, 4.69) is 25.6 Å². The van der Waals surface area contributed by atoms with Crippen molar-refractivity contribution < 1.29 is 22.7 Å². The molecule has 0 saturated heterocycles. The van der Waals surface area contributed by atoms with E-state index in [-0.39, 0.29) is 5.82 Å². The lowest BCUT2D eigenvalue weighted by atomic mass is 10.2. The van der Waals surface area contributed by atoms with E-state index in [1.165, 1.54) is 31.4 Å². The maximum absolute atomic E-state index is 12.4. The fourth-order valence-electron chi connectivity index (χ4n) is 1.51. The van der Waals surface area contributed by atoms with Gasteiger partial charge in [0.05, 0.1) is 12.7 Å². The van der Waals surface area contributed by atoms with E-state index in [9.17, 15) is 18.0 Å². The number of methoxy groups -OCH3 is 1. The summed E-state index contributed by atoms with van der Waals surface area (Å²) in [6, 6.07) is 7.47. The zero-order chi connectivity index (χ0) is 16.2. The third-order valence-corrected chi connectivity index (χ3v) is 2.56. The number of halogens is 3. The monoisotopic (exact) mass is 312 g/mol. The molecule has 6 nitrogen and oxygen atoms in total. The molecule has 0 aliphatic heterocycles. The number of carbonyl (C=O) groups is 1. The van der Waals surface area contributed by atoms with Crippen molar-refractivity contribution in [2.45, 2.75) is 6.18 Å². The second-order valence-electron chi connectivity index (χ2n) is 4.12. The fraction of sp³-hybridized carbons (Fsp3) is 0.154. The predicted molar refractivity (Wildman–Crippen MR) is 72.8 cm³/mol. The summed E-state index contributed by atoms with van der Waals surface area (Å²) in [7, 11) is 1.21. The Hall–Kier alpha value is -2.84. The van der Waals surface area contributed by atoms with Crippen molar-refractivity contribution in [3.05, 3.63) is 42.0 Å². The standard InChI is InChI=1S/C13H11F3N4O2/c1-22-12(21)18-11-7-6-10(19-20-11)17-9-4-2-8(3-5-9)13(14,15)16/h2-7H,1H3,(H,17,19)(H,18,20,21). The molecule has 0 bridgehead atoms. The van der Waals surface area contributed by atoms with Gasteiger partial charge >= 0.3 is 12.3 Å². The topological polar surface area (TPSA) is 76.1 Å². The number of alkyl halides is 3. The molecule has 22 heavy (non-hydrogen) atoms. The van der Waals surface area contributed by atoms with Gasteiger partial charge in [0.2, 0.25) is 0 Å². The second-order valence-corrected chi connectivity index (χ2v) is 4.12. The highest BCUT2D eigenvalue weighted by atomic mass is 19.4. The van der Waals surface area contributed by atoms with Crippen molar-refractivity contribution in [1.29, 1.82) is 0 Å². The van der Waals surface area contributed by atoms with Crippen molar-refractivity contribution in [3.63, 3.8) is 0 Å². The first kappa shape index (κ1) is 15.5. The molecule has 0 radical (unpaired) electrons. The molecular formula is C13H11F3N4O2. The van der Waals surface area contributed by atoms with E-state index < -0.39 is 17.8 Å². The molecule has 9 heteroatoms. The summed E-state index contributed by atoms with van der Waals surface area (Å²) >= 11 is 0. The number of amides is 1. The van der Waals surface area contributed by atoms with Crippen LogP contribution in [0.4, 0.5) is 35.3 Å². The molecular weight excluding hydrogens is 301 g/mol. The molecule has 1 amide bonds. The van der Waals surface area contributed by atoms with Crippen molar-refractivity contribution in [1.82, 2.24) is 10.2 Å². The quantitative estimate of drug-likeness (QED) is 0.908. The van der Waals surface area contributed by atoms with Crippen molar-refractivity contribution in [3.8, 4) is 0 Å². The summed E-state index contributed by atoms with van der Waals surface area (Å²) < 4.78 is 41.7. The van der Waals surface area contributed by atoms with E-state index in [1.807, 2.05) is 0 Å². The average Bonchev–Trinajstić information content (AvgIpc) is 2.49. The van der Waals surface area contributed by atoms with Crippen LogP contribution < -0.4 is 10.6 Å². The van der Waals surface area contributed by atoms with Gasteiger partial charge in [-0.1, -0.05) is 0 Å². The first-order valence-electron chi connectivity index (χ1n) is 6.01. The summed E-state index contributed by atoms with van der Waals surface area (Å²) in [5.41, 5.74) is -0.308. The number of nitrogens with zero attached hydrogens (tertiary/aromatic N) is 2. The van der Waals surface area contributed by atoms with E-state index in [4.69, 9.17) is 0 Å². The Bertz CT molecular complexity index is 642. The Morgan fingerprint density at radius 1 is 1.05 bits per heavy atom. The highest BCUT2D eigenvalue weighted by molar-refractivity contribution is 5.83. The zero-order valence-corrected chi connectivity index (χ0v) is 11.3. The number of rotatable bonds is 3. The van der Waals surface area contributed by atoms with Crippen LogP contribution in [0.25, 0.3) is 0 Å². The third kappa shape index (κ3) is 4.08. The van der Waals surface area contributed by atoms with E-state index >= 15 is 0 Å². The van der Waals surface area contributed by atoms with Gasteiger partial charge in [-0.2, -0.15) is 13.2 Å². The van der Waals surface area contributed by atoms with Crippen LogP contribution in [0, 0.1) is 0 Å². The zero-order valence-electron chi connectivity index (χ0n) is 11.3. The molecule has 1 aromatic heterocycles. The lowest BCUT2D eigenvalue weighted by Crippen LogP contribution is -2.12. The number of carbonyl (C=O) groups excluding carboxylic acids is 1. The summed E-state index contributed by atoms with van der Waals surface area (Å²) in [6.07, 6.45) is -5.06. The summed E-state index contributed by atoms with van der Waals surface area (Å²) in [5.74, 6) is 0.500. The Morgan fingerprint density at radius 3 is 2.14 bits per heavy atom. The molecule has 116 valence electrons. The second kappa shape index (κ2) is 6.29. The van der Waals surface area contributed by atoms with E-state index in [0.29, 0.717) is 11.5 Å². The number of benzene rings is 1. The maximum atomic E-state index is 12.4. The van der Waals surface area contributed by atoms with Gasteiger partial charge in [-0.25, -0.2) is 4.79 Å². The SMILES string of the molecule is COC(=O)Nc1ccc(Nc2ccc(C(F)(F)F)cc2)nn1. The maximum Gasteiger partial charge on any atom is 0.416 e. The molecule has 2 aromatic rings. The first-order valence-corrected chi connectivity index (χ1v) is 6.01. The molecule has 0 fully saturated rings. The minimum atomic E-state index is -4.38. The smallest absolute Gasteiger partial charge is 0.416 e. The number of anilines is 3. The third-order valence-electron chi connectivity index (χ3n) is 2.56. The van der Waals surface area contributed by atoms with Crippen LogP contribution in [0.3, 0.4) is 0 Å². The summed E-state index contributed by atoms with van der Waals surface area (Å²) in [6.45, 7) is 0. The molecule has 1 aromatic carbocycles. The summed E-state index contributed by atoms with van der Waals surface area (Å²) in [5, 5.41) is 12.6. The number of hydrogen-bond acceptors (Lipinski definition) is 5. The Balaban J connectivity index is 2.03. The Morgan fingerprint density at radius 2 is 1.64 bits per heavy atom. The molecule has 0 aliphatic rings. The molecule has 0 saturated carbocycles. The largest absolute Gasteiger partial charge is 0.453 e. The molecule has 0 atom stereocenters. The molecule has 0 unspecified atom stereocenters. The van der Waals surface area contributed by atoms with Gasteiger partial charge in [0, 0.05) is 5.69 Å². The molecule has 2 rings (SSSR count). The van der Waals surface area contributed by atoms with Crippen molar-refractivity contribution >= 4 is 23.4 Å². The molecule has 0 spiro atoms. The lowest BCUT2D eigenvalue weighted by molar-refractivity contribution is -0.137. The highest BCUT2D eigenvalue weighted by Crippen LogP contribution is 2.30. The summed E-state index contributed by atoms with van der Waals surface area (Å²) in [4.78, 5) is 11.0. The highest BCUT2D eigenvalue weighted by Gasteiger charge is 2.29. The minimum Gasteiger partial charge on any atom is -0.453 e. The van der Waals surface area contributed by atoms with Crippen LogP contribution >= 0.6 is 0 Å². The van der Waals surface area contributed by atoms with Gasteiger partial charge in [-0.05, 0) is 36.4 Å². The van der Waals surface area contributed by atoms with Gasteiger partial charge in [-0.3, -0.25) is 5.32 Å². The predicted octanol–water partition coefficient (Wildman–Crippen LogP) is 3.42. The molecule has 1 heterocycles. The van der Waals surface area contributed by atoms with Gasteiger partial charge in [-0.15, -0.1) is 10.2 Å². The number of ether oxygens (including phenoxy) is 1. The van der Waals surface area contributed by atoms with E-state index in [0.717, 1.165) is 12.1 Å². The average molecular weight is 312 g/mol. The Labute approximate surface area is 123 Å². The van der Waals surface area contributed by atoms with Crippen LogP contribution in [0.5, 0.6) is 0 Å². The van der Waals surface area contributed by atoms with E-state index in [1.54, 1.807) is 0 Å². The lowest BCUT2D eigenvalue weighted by Gasteiger charge is -2.09. The van der Waals surface area contributed by atoms with Crippen LogP contribution in [-0.2, 0) is 10.9 Å². The number of aromatic nitrogens is 2. The van der Waals surface area contributed by atoms with Crippen LogP contribution in [-0.4, -0.2) is 23.4 Å². The van der Waals surface area contributed by atoms with Gasteiger partial charge in [0.15, 0.2) is 11.6 Å². The Kier molecular flexibility index (Phi) is 4.44. The molecule has 2 N–H and O–H groups in total. The number of hydrogen-bond donors (Lipinski definition) is 2. The van der Waals surface area contributed by atoms with Gasteiger partial charge < -0.3 is 10.1 Å².